The normalized spacial score (nSPS) is 17.5. The molecule has 106 valence electrons. The average Bonchev–Trinajstić information content (AvgIpc) is 2.91. The molecule has 0 spiro atoms. The van der Waals surface area contributed by atoms with Gasteiger partial charge in [0.15, 0.2) is 0 Å². The van der Waals surface area contributed by atoms with Crippen molar-refractivity contribution in [3.63, 3.8) is 0 Å². The summed E-state index contributed by atoms with van der Waals surface area (Å²) in [4.78, 5) is 2.32. The van der Waals surface area contributed by atoms with Crippen molar-refractivity contribution in [2.45, 2.75) is 32.4 Å². The predicted octanol–water partition coefficient (Wildman–Crippen LogP) is 1.97. The summed E-state index contributed by atoms with van der Waals surface area (Å²) < 4.78 is 5.74. The maximum Gasteiger partial charge on any atom is 0.247 e. The molecular formula is C15H20N4O. The second-order valence-electron chi connectivity index (χ2n) is 5.48. The van der Waals surface area contributed by atoms with Crippen molar-refractivity contribution in [2.24, 2.45) is 5.73 Å². The Morgan fingerprint density at radius 1 is 1.20 bits per heavy atom. The van der Waals surface area contributed by atoms with Gasteiger partial charge in [-0.15, -0.1) is 10.2 Å². The van der Waals surface area contributed by atoms with E-state index in [2.05, 4.69) is 22.0 Å². The molecule has 1 aliphatic heterocycles. The zero-order valence-electron chi connectivity index (χ0n) is 11.7. The third-order valence-corrected chi connectivity index (χ3v) is 3.76. The number of benzene rings is 1. The minimum Gasteiger partial charge on any atom is -0.419 e. The number of hydrogen-bond acceptors (Lipinski definition) is 5. The molecule has 0 atom stereocenters. The number of hydrogen-bond donors (Lipinski definition) is 1. The molecule has 5 nitrogen and oxygen atoms in total. The first kappa shape index (κ1) is 13.3. The molecule has 0 unspecified atom stereocenters. The van der Waals surface area contributed by atoms with Gasteiger partial charge in [-0.05, 0) is 31.9 Å². The van der Waals surface area contributed by atoms with Gasteiger partial charge in [-0.25, -0.2) is 0 Å². The molecule has 1 aromatic carbocycles. The fourth-order valence-electron chi connectivity index (χ4n) is 2.43. The van der Waals surface area contributed by atoms with Gasteiger partial charge in [0.2, 0.25) is 11.8 Å². The Balaban J connectivity index is 1.66. The van der Waals surface area contributed by atoms with E-state index in [1.54, 1.807) is 0 Å². The number of aromatic nitrogens is 2. The molecule has 0 radical (unpaired) electrons. The Kier molecular flexibility index (Phi) is 3.80. The van der Waals surface area contributed by atoms with Crippen molar-refractivity contribution in [1.29, 1.82) is 0 Å². The number of likely N-dealkylation sites (tertiary alicyclic amines) is 1. The lowest BCUT2D eigenvalue weighted by Crippen LogP contribution is -2.39. The van der Waals surface area contributed by atoms with Gasteiger partial charge in [-0.3, -0.25) is 4.90 Å². The third kappa shape index (κ3) is 3.05. The molecule has 0 bridgehead atoms. The van der Waals surface area contributed by atoms with Crippen molar-refractivity contribution in [3.8, 4) is 11.5 Å². The van der Waals surface area contributed by atoms with E-state index in [9.17, 15) is 0 Å². The Bertz CT molecular complexity index is 556. The molecule has 20 heavy (non-hydrogen) atoms. The Morgan fingerprint density at radius 2 is 1.90 bits per heavy atom. The van der Waals surface area contributed by atoms with Crippen molar-refractivity contribution < 1.29 is 4.42 Å². The second-order valence-corrected chi connectivity index (χ2v) is 5.48. The lowest BCUT2D eigenvalue weighted by Gasteiger charge is -2.28. The highest BCUT2D eigenvalue weighted by Crippen LogP contribution is 2.19. The Labute approximate surface area is 118 Å². The summed E-state index contributed by atoms with van der Waals surface area (Å²) in [7, 11) is 0. The lowest BCUT2D eigenvalue weighted by molar-refractivity contribution is 0.189. The van der Waals surface area contributed by atoms with Gasteiger partial charge < -0.3 is 10.2 Å². The zero-order chi connectivity index (χ0) is 13.9. The topological polar surface area (TPSA) is 68.2 Å². The summed E-state index contributed by atoms with van der Waals surface area (Å²) in [5.41, 5.74) is 8.09. The smallest absolute Gasteiger partial charge is 0.247 e. The van der Waals surface area contributed by atoms with E-state index in [0.717, 1.165) is 31.5 Å². The highest BCUT2D eigenvalue weighted by molar-refractivity contribution is 5.52. The van der Waals surface area contributed by atoms with Crippen LogP contribution in [0.15, 0.2) is 28.7 Å². The van der Waals surface area contributed by atoms with Gasteiger partial charge in [0.25, 0.3) is 0 Å². The number of nitrogens with zero attached hydrogens (tertiary/aromatic N) is 3. The molecule has 1 aromatic heterocycles. The number of aryl methyl sites for hydroxylation is 1. The molecule has 1 aliphatic rings. The largest absolute Gasteiger partial charge is 0.419 e. The van der Waals surface area contributed by atoms with Crippen LogP contribution in [0.4, 0.5) is 0 Å². The first-order valence-corrected chi connectivity index (χ1v) is 7.08. The maximum absolute atomic E-state index is 5.90. The van der Waals surface area contributed by atoms with Gasteiger partial charge in [-0.1, -0.05) is 17.7 Å². The molecule has 2 heterocycles. The van der Waals surface area contributed by atoms with Crippen LogP contribution in [-0.2, 0) is 6.54 Å². The summed E-state index contributed by atoms with van der Waals surface area (Å²) in [6.07, 6.45) is 2.08. The molecule has 1 saturated heterocycles. The van der Waals surface area contributed by atoms with Crippen molar-refractivity contribution in [2.75, 3.05) is 13.1 Å². The van der Waals surface area contributed by atoms with Crippen molar-refractivity contribution >= 4 is 0 Å². The monoisotopic (exact) mass is 272 g/mol. The first-order valence-electron chi connectivity index (χ1n) is 7.08. The molecule has 2 aromatic rings. The van der Waals surface area contributed by atoms with Crippen LogP contribution in [0.25, 0.3) is 11.5 Å². The minimum atomic E-state index is 0.344. The highest BCUT2D eigenvalue weighted by Gasteiger charge is 2.18. The summed E-state index contributed by atoms with van der Waals surface area (Å²) in [6.45, 7) is 4.78. The van der Waals surface area contributed by atoms with Crippen LogP contribution in [0.3, 0.4) is 0 Å². The fourth-order valence-corrected chi connectivity index (χ4v) is 2.43. The zero-order valence-corrected chi connectivity index (χ0v) is 11.7. The molecule has 0 saturated carbocycles. The predicted molar refractivity (Wildman–Crippen MR) is 77.0 cm³/mol. The number of rotatable bonds is 3. The summed E-state index contributed by atoms with van der Waals surface area (Å²) in [5, 5.41) is 8.27. The molecule has 3 rings (SSSR count). The Morgan fingerprint density at radius 3 is 2.60 bits per heavy atom. The van der Waals surface area contributed by atoms with Gasteiger partial charge in [-0.2, -0.15) is 0 Å². The van der Waals surface area contributed by atoms with Gasteiger partial charge in [0.1, 0.15) is 0 Å². The molecule has 1 fully saturated rings. The lowest BCUT2D eigenvalue weighted by atomic mass is 10.1. The quantitative estimate of drug-likeness (QED) is 0.925. The standard InChI is InChI=1S/C15H20N4O/c1-11-2-4-12(5-3-11)15-18-17-14(20-15)10-19-8-6-13(16)7-9-19/h2-5,13H,6-10,16H2,1H3. The van der Waals surface area contributed by atoms with E-state index in [0.29, 0.717) is 24.4 Å². The van der Waals surface area contributed by atoms with Crippen LogP contribution in [0.2, 0.25) is 0 Å². The molecule has 5 heteroatoms. The van der Waals surface area contributed by atoms with Crippen LogP contribution in [0, 0.1) is 6.92 Å². The number of nitrogens with two attached hydrogens (primary N) is 1. The minimum absolute atomic E-state index is 0.344. The molecule has 0 aliphatic carbocycles. The van der Waals surface area contributed by atoms with E-state index in [1.165, 1.54) is 5.56 Å². The molecular weight excluding hydrogens is 252 g/mol. The first-order chi connectivity index (χ1) is 9.70. The SMILES string of the molecule is Cc1ccc(-c2nnc(CN3CCC(N)CC3)o2)cc1. The van der Waals surface area contributed by atoms with Crippen LogP contribution >= 0.6 is 0 Å². The second kappa shape index (κ2) is 5.73. The fraction of sp³-hybridized carbons (Fsp3) is 0.467. The van der Waals surface area contributed by atoms with Gasteiger partial charge >= 0.3 is 0 Å². The maximum atomic E-state index is 5.90. The average molecular weight is 272 g/mol. The van der Waals surface area contributed by atoms with Gasteiger partial charge in [0, 0.05) is 24.7 Å². The summed E-state index contributed by atoms with van der Waals surface area (Å²) >= 11 is 0. The van der Waals surface area contributed by atoms with Crippen LogP contribution in [0.1, 0.15) is 24.3 Å². The highest BCUT2D eigenvalue weighted by atomic mass is 16.4. The van der Waals surface area contributed by atoms with E-state index in [4.69, 9.17) is 10.2 Å². The van der Waals surface area contributed by atoms with Gasteiger partial charge in [0.05, 0.1) is 6.54 Å². The summed E-state index contributed by atoms with van der Waals surface area (Å²) in [5.74, 6) is 1.27. The van der Waals surface area contributed by atoms with Crippen molar-refractivity contribution in [1.82, 2.24) is 15.1 Å². The van der Waals surface area contributed by atoms with Crippen LogP contribution in [-0.4, -0.2) is 34.2 Å². The summed E-state index contributed by atoms with van der Waals surface area (Å²) in [6, 6.07) is 8.45. The van der Waals surface area contributed by atoms with Crippen molar-refractivity contribution in [3.05, 3.63) is 35.7 Å². The van der Waals surface area contributed by atoms with E-state index in [1.807, 2.05) is 24.3 Å². The van der Waals surface area contributed by atoms with E-state index < -0.39 is 0 Å². The van der Waals surface area contributed by atoms with E-state index in [-0.39, 0.29) is 0 Å². The third-order valence-electron chi connectivity index (χ3n) is 3.76. The Hall–Kier alpha value is -1.72. The molecule has 0 amide bonds. The molecule has 2 N–H and O–H groups in total. The van der Waals surface area contributed by atoms with Crippen LogP contribution < -0.4 is 5.73 Å². The number of piperidine rings is 1. The van der Waals surface area contributed by atoms with E-state index >= 15 is 0 Å². The van der Waals surface area contributed by atoms with Crippen LogP contribution in [0.5, 0.6) is 0 Å².